The summed E-state index contributed by atoms with van der Waals surface area (Å²) >= 11 is 0. The van der Waals surface area contributed by atoms with Crippen molar-refractivity contribution in [2.24, 2.45) is 11.3 Å². The maximum absolute atomic E-state index is 12.2. The van der Waals surface area contributed by atoms with Crippen LogP contribution in [0.15, 0.2) is 28.7 Å². The number of benzene rings is 1. The van der Waals surface area contributed by atoms with E-state index in [1.807, 2.05) is 24.3 Å². The Morgan fingerprint density at radius 1 is 1.10 bits per heavy atom. The molecule has 2 saturated carbocycles. The van der Waals surface area contributed by atoms with Gasteiger partial charge in [-0.3, -0.25) is 4.79 Å². The second-order valence-electron chi connectivity index (χ2n) is 8.57. The third kappa shape index (κ3) is 5.17. The van der Waals surface area contributed by atoms with Crippen molar-refractivity contribution in [3.8, 4) is 5.75 Å². The molecule has 1 atom stereocenters. The Hall–Kier alpha value is -2.37. The standard InChI is InChI=1S/C23H31N3O3/c1-28-19-8-5-17(6-9-19)7-11-21-25-26-22(29-21)12-10-20(27)24-16-18-15-23(18)13-3-2-4-14-23/h5-6,8-9,18H,2-4,7,10-16H2,1H3,(H,24,27)/t18-/m1/s1. The van der Waals surface area contributed by atoms with Crippen LogP contribution >= 0.6 is 0 Å². The van der Waals surface area contributed by atoms with Crippen LogP contribution in [0.4, 0.5) is 0 Å². The molecular weight excluding hydrogens is 366 g/mol. The summed E-state index contributed by atoms with van der Waals surface area (Å²) in [5.41, 5.74) is 1.76. The number of hydrogen-bond acceptors (Lipinski definition) is 5. The molecule has 2 aliphatic rings. The van der Waals surface area contributed by atoms with Gasteiger partial charge in [0.15, 0.2) is 0 Å². The molecule has 1 heterocycles. The number of aromatic nitrogens is 2. The number of nitrogens with zero attached hydrogens (tertiary/aromatic N) is 2. The Labute approximate surface area is 172 Å². The van der Waals surface area contributed by atoms with Crippen LogP contribution < -0.4 is 10.1 Å². The van der Waals surface area contributed by atoms with E-state index >= 15 is 0 Å². The lowest BCUT2D eigenvalue weighted by Crippen LogP contribution is -2.27. The van der Waals surface area contributed by atoms with Crippen molar-refractivity contribution < 1.29 is 13.9 Å². The highest BCUT2D eigenvalue weighted by Gasteiger charge is 2.53. The normalized spacial score (nSPS) is 19.8. The fourth-order valence-electron chi connectivity index (χ4n) is 4.67. The largest absolute Gasteiger partial charge is 0.497 e. The fraction of sp³-hybridized carbons (Fsp3) is 0.609. The SMILES string of the molecule is COc1ccc(CCc2nnc(CCC(=O)NC[C@H]3CC34CCCCC4)o2)cc1. The van der Waals surface area contributed by atoms with Crippen molar-refractivity contribution in [1.82, 2.24) is 15.5 Å². The summed E-state index contributed by atoms with van der Waals surface area (Å²) in [4.78, 5) is 12.2. The summed E-state index contributed by atoms with van der Waals surface area (Å²) in [7, 11) is 1.66. The van der Waals surface area contributed by atoms with Gasteiger partial charge in [0, 0.05) is 25.8 Å². The number of amides is 1. The number of carbonyl (C=O) groups is 1. The van der Waals surface area contributed by atoms with E-state index in [2.05, 4.69) is 15.5 Å². The highest BCUT2D eigenvalue weighted by molar-refractivity contribution is 5.76. The lowest BCUT2D eigenvalue weighted by Gasteiger charge is -2.22. The van der Waals surface area contributed by atoms with Gasteiger partial charge in [0.2, 0.25) is 17.7 Å². The Kier molecular flexibility index (Phi) is 6.16. The van der Waals surface area contributed by atoms with Gasteiger partial charge in [-0.1, -0.05) is 31.4 Å². The van der Waals surface area contributed by atoms with Gasteiger partial charge in [-0.05, 0) is 54.7 Å². The number of hydrogen-bond donors (Lipinski definition) is 1. The topological polar surface area (TPSA) is 77.2 Å². The first kappa shape index (κ1) is 19.9. The number of rotatable bonds is 9. The first-order chi connectivity index (χ1) is 14.2. The Bertz CT molecular complexity index is 809. The van der Waals surface area contributed by atoms with E-state index in [-0.39, 0.29) is 5.91 Å². The smallest absolute Gasteiger partial charge is 0.220 e. The molecule has 1 amide bonds. The van der Waals surface area contributed by atoms with Crippen molar-refractivity contribution in [3.05, 3.63) is 41.6 Å². The van der Waals surface area contributed by atoms with Gasteiger partial charge in [0.05, 0.1) is 7.11 Å². The summed E-state index contributed by atoms with van der Waals surface area (Å²) in [5, 5.41) is 11.3. The molecule has 4 rings (SSSR count). The van der Waals surface area contributed by atoms with Crippen molar-refractivity contribution in [2.45, 2.75) is 64.2 Å². The first-order valence-electron chi connectivity index (χ1n) is 10.9. The van der Waals surface area contributed by atoms with Crippen molar-refractivity contribution in [1.29, 1.82) is 0 Å². The molecule has 2 aliphatic carbocycles. The summed E-state index contributed by atoms with van der Waals surface area (Å²) in [6.45, 7) is 0.829. The Morgan fingerprint density at radius 2 is 1.83 bits per heavy atom. The van der Waals surface area contributed by atoms with E-state index in [0.29, 0.717) is 42.4 Å². The highest BCUT2D eigenvalue weighted by atomic mass is 16.5. The summed E-state index contributed by atoms with van der Waals surface area (Å²) in [6, 6.07) is 7.98. The molecule has 0 aliphatic heterocycles. The second-order valence-corrected chi connectivity index (χ2v) is 8.57. The van der Waals surface area contributed by atoms with Crippen molar-refractivity contribution in [3.63, 3.8) is 0 Å². The maximum atomic E-state index is 12.2. The molecule has 6 nitrogen and oxygen atoms in total. The van der Waals surface area contributed by atoms with E-state index in [0.717, 1.165) is 18.7 Å². The van der Waals surface area contributed by atoms with E-state index in [1.54, 1.807) is 7.11 Å². The van der Waals surface area contributed by atoms with Gasteiger partial charge in [-0.2, -0.15) is 0 Å². The number of aryl methyl sites for hydroxylation is 3. The molecule has 1 spiro atoms. The molecule has 2 aromatic rings. The maximum Gasteiger partial charge on any atom is 0.220 e. The molecule has 1 N–H and O–H groups in total. The molecule has 29 heavy (non-hydrogen) atoms. The number of ether oxygens (including phenoxy) is 1. The highest BCUT2D eigenvalue weighted by Crippen LogP contribution is 2.60. The minimum atomic E-state index is 0.0841. The fourth-order valence-corrected chi connectivity index (χ4v) is 4.67. The summed E-state index contributed by atoms with van der Waals surface area (Å²) in [5.74, 6) is 2.79. The molecule has 1 aromatic heterocycles. The predicted molar refractivity (Wildman–Crippen MR) is 110 cm³/mol. The van der Waals surface area contributed by atoms with E-state index in [9.17, 15) is 4.79 Å². The summed E-state index contributed by atoms with van der Waals surface area (Å²) in [6.07, 6.45) is 10.5. The van der Waals surface area contributed by atoms with Crippen LogP contribution in [0, 0.1) is 11.3 Å². The monoisotopic (exact) mass is 397 g/mol. The molecule has 0 saturated heterocycles. The van der Waals surface area contributed by atoms with Crippen molar-refractivity contribution in [2.75, 3.05) is 13.7 Å². The molecule has 2 fully saturated rings. The van der Waals surface area contributed by atoms with Gasteiger partial charge in [0.1, 0.15) is 5.75 Å². The molecule has 0 unspecified atom stereocenters. The lowest BCUT2D eigenvalue weighted by molar-refractivity contribution is -0.121. The molecule has 6 heteroatoms. The predicted octanol–water partition coefficient (Wildman–Crippen LogP) is 3.88. The summed E-state index contributed by atoms with van der Waals surface area (Å²) < 4.78 is 10.9. The molecule has 0 radical (unpaired) electrons. The average molecular weight is 398 g/mol. The zero-order valence-corrected chi connectivity index (χ0v) is 17.3. The molecular formula is C23H31N3O3. The van der Waals surface area contributed by atoms with Crippen LogP contribution in [0.2, 0.25) is 0 Å². The number of carbonyl (C=O) groups excluding carboxylic acids is 1. The molecule has 156 valence electrons. The minimum absolute atomic E-state index is 0.0841. The van der Waals surface area contributed by atoms with E-state index in [4.69, 9.17) is 9.15 Å². The number of nitrogens with one attached hydrogen (secondary N) is 1. The van der Waals surface area contributed by atoms with Crippen LogP contribution in [-0.4, -0.2) is 29.8 Å². The van der Waals surface area contributed by atoms with Crippen LogP contribution in [-0.2, 0) is 24.1 Å². The Balaban J connectivity index is 1.15. The third-order valence-electron chi connectivity index (χ3n) is 6.62. The zero-order chi connectivity index (χ0) is 20.1. The van der Waals surface area contributed by atoms with Gasteiger partial charge < -0.3 is 14.5 Å². The van der Waals surface area contributed by atoms with E-state index < -0.39 is 0 Å². The van der Waals surface area contributed by atoms with Gasteiger partial charge in [-0.15, -0.1) is 10.2 Å². The van der Waals surface area contributed by atoms with Crippen molar-refractivity contribution >= 4 is 5.91 Å². The van der Waals surface area contributed by atoms with Crippen LogP contribution in [0.3, 0.4) is 0 Å². The average Bonchev–Trinajstić information content (AvgIpc) is 3.20. The van der Waals surface area contributed by atoms with Crippen LogP contribution in [0.25, 0.3) is 0 Å². The second kappa shape index (κ2) is 8.97. The van der Waals surface area contributed by atoms with Gasteiger partial charge in [0.25, 0.3) is 0 Å². The van der Waals surface area contributed by atoms with Crippen LogP contribution in [0.5, 0.6) is 5.75 Å². The molecule has 1 aromatic carbocycles. The molecule has 0 bridgehead atoms. The lowest BCUT2D eigenvalue weighted by atomic mass is 9.84. The quantitative estimate of drug-likeness (QED) is 0.695. The van der Waals surface area contributed by atoms with Gasteiger partial charge >= 0.3 is 0 Å². The number of methoxy groups -OCH3 is 1. The Morgan fingerprint density at radius 3 is 2.55 bits per heavy atom. The minimum Gasteiger partial charge on any atom is -0.497 e. The first-order valence-corrected chi connectivity index (χ1v) is 10.9. The van der Waals surface area contributed by atoms with Gasteiger partial charge in [-0.25, -0.2) is 0 Å². The zero-order valence-electron chi connectivity index (χ0n) is 17.3. The van der Waals surface area contributed by atoms with Crippen LogP contribution in [0.1, 0.15) is 62.3 Å². The van der Waals surface area contributed by atoms with E-state index in [1.165, 1.54) is 44.1 Å². The third-order valence-corrected chi connectivity index (χ3v) is 6.62.